The SMILES string of the molecule is NC(C(=O)Nc1cccc(OC(F)(F)F)c1)C(O)C(=O)O. The minimum absolute atomic E-state index is 0.102. The van der Waals surface area contributed by atoms with Crippen molar-refractivity contribution in [3.8, 4) is 5.75 Å². The molecule has 1 amide bonds. The van der Waals surface area contributed by atoms with E-state index in [9.17, 15) is 22.8 Å². The molecule has 2 unspecified atom stereocenters. The number of halogens is 3. The molecule has 0 aromatic heterocycles. The number of hydrogen-bond donors (Lipinski definition) is 4. The summed E-state index contributed by atoms with van der Waals surface area (Å²) in [5.41, 5.74) is 5.09. The molecule has 10 heteroatoms. The second-order valence-corrected chi connectivity index (χ2v) is 3.87. The van der Waals surface area contributed by atoms with E-state index in [2.05, 4.69) is 10.1 Å². The van der Waals surface area contributed by atoms with Crippen molar-refractivity contribution in [2.45, 2.75) is 18.5 Å². The molecule has 0 spiro atoms. The lowest BCUT2D eigenvalue weighted by molar-refractivity contribution is -0.274. The molecule has 1 rings (SSSR count). The Morgan fingerprint density at radius 2 is 1.95 bits per heavy atom. The van der Waals surface area contributed by atoms with Gasteiger partial charge in [-0.05, 0) is 12.1 Å². The third-order valence-corrected chi connectivity index (χ3v) is 2.23. The quantitative estimate of drug-likeness (QED) is 0.620. The zero-order chi connectivity index (χ0) is 16.2. The van der Waals surface area contributed by atoms with Crippen LogP contribution < -0.4 is 15.8 Å². The van der Waals surface area contributed by atoms with E-state index in [0.717, 1.165) is 12.1 Å². The number of aliphatic hydroxyl groups excluding tert-OH is 1. The Balaban J connectivity index is 2.77. The molecule has 0 fully saturated rings. The first-order chi connectivity index (χ1) is 9.60. The number of carboxylic acids is 1. The molecule has 0 saturated carbocycles. The molecule has 0 aliphatic carbocycles. The van der Waals surface area contributed by atoms with Gasteiger partial charge in [-0.2, -0.15) is 0 Å². The standard InChI is InChI=1S/C11H11F3N2O5/c12-11(13,14)21-6-3-1-2-5(4-6)16-9(18)7(15)8(17)10(19)20/h1-4,7-8,17H,15H2,(H,16,18)(H,19,20). The van der Waals surface area contributed by atoms with Crippen molar-refractivity contribution in [2.24, 2.45) is 5.73 Å². The molecule has 2 atom stereocenters. The van der Waals surface area contributed by atoms with Crippen LogP contribution in [0.25, 0.3) is 0 Å². The maximum absolute atomic E-state index is 12.0. The summed E-state index contributed by atoms with van der Waals surface area (Å²) in [6, 6.07) is 2.51. The van der Waals surface area contributed by atoms with E-state index in [1.54, 1.807) is 0 Å². The Morgan fingerprint density at radius 1 is 1.33 bits per heavy atom. The molecule has 1 aromatic carbocycles. The zero-order valence-electron chi connectivity index (χ0n) is 10.3. The highest BCUT2D eigenvalue weighted by Crippen LogP contribution is 2.25. The first-order valence-electron chi connectivity index (χ1n) is 5.43. The Kier molecular flexibility index (Phi) is 5.11. The Bertz CT molecular complexity index is 535. The van der Waals surface area contributed by atoms with Gasteiger partial charge in [-0.25, -0.2) is 4.79 Å². The van der Waals surface area contributed by atoms with Crippen molar-refractivity contribution >= 4 is 17.6 Å². The second kappa shape index (κ2) is 6.41. The average molecular weight is 308 g/mol. The highest BCUT2D eigenvalue weighted by Gasteiger charge is 2.31. The van der Waals surface area contributed by atoms with E-state index < -0.39 is 36.1 Å². The maximum Gasteiger partial charge on any atom is 0.573 e. The van der Waals surface area contributed by atoms with Crippen LogP contribution in [-0.2, 0) is 9.59 Å². The summed E-state index contributed by atoms with van der Waals surface area (Å²) in [6.45, 7) is 0. The molecule has 0 aliphatic heterocycles. The summed E-state index contributed by atoms with van der Waals surface area (Å²) >= 11 is 0. The zero-order valence-corrected chi connectivity index (χ0v) is 10.3. The van der Waals surface area contributed by atoms with Gasteiger partial charge >= 0.3 is 12.3 Å². The van der Waals surface area contributed by atoms with Crippen molar-refractivity contribution in [3.05, 3.63) is 24.3 Å². The number of hydrogen-bond acceptors (Lipinski definition) is 5. The van der Waals surface area contributed by atoms with E-state index in [1.807, 2.05) is 0 Å². The molecule has 116 valence electrons. The van der Waals surface area contributed by atoms with Crippen LogP contribution in [0.4, 0.5) is 18.9 Å². The lowest BCUT2D eigenvalue weighted by Gasteiger charge is -2.15. The molecule has 21 heavy (non-hydrogen) atoms. The number of aliphatic carboxylic acids is 1. The summed E-state index contributed by atoms with van der Waals surface area (Å²) in [5, 5.41) is 19.6. The molecule has 0 heterocycles. The highest BCUT2D eigenvalue weighted by atomic mass is 19.4. The fraction of sp³-hybridized carbons (Fsp3) is 0.273. The molecule has 0 aliphatic rings. The van der Waals surface area contributed by atoms with Crippen LogP contribution in [0.15, 0.2) is 24.3 Å². The number of anilines is 1. The third kappa shape index (κ3) is 5.28. The number of carboxylic acid groups (broad SMARTS) is 1. The van der Waals surface area contributed by atoms with E-state index in [1.165, 1.54) is 12.1 Å². The summed E-state index contributed by atoms with van der Waals surface area (Å²) in [5.74, 6) is -3.35. The number of benzene rings is 1. The number of nitrogens with one attached hydrogen (secondary N) is 1. The minimum atomic E-state index is -4.89. The molecule has 0 radical (unpaired) electrons. The molecule has 7 nitrogen and oxygen atoms in total. The van der Waals surface area contributed by atoms with Crippen LogP contribution >= 0.6 is 0 Å². The summed E-state index contributed by atoms with van der Waals surface area (Å²) in [4.78, 5) is 22.0. The fourth-order valence-electron chi connectivity index (χ4n) is 1.29. The predicted molar refractivity (Wildman–Crippen MR) is 63.4 cm³/mol. The smallest absolute Gasteiger partial charge is 0.479 e. The van der Waals surface area contributed by atoms with Gasteiger partial charge in [-0.3, -0.25) is 4.79 Å². The van der Waals surface area contributed by atoms with Gasteiger partial charge in [-0.15, -0.1) is 13.2 Å². The topological polar surface area (TPSA) is 122 Å². The van der Waals surface area contributed by atoms with E-state index in [-0.39, 0.29) is 5.69 Å². The number of rotatable bonds is 5. The number of amides is 1. The monoisotopic (exact) mass is 308 g/mol. The van der Waals surface area contributed by atoms with Gasteiger partial charge in [0.1, 0.15) is 11.8 Å². The lowest BCUT2D eigenvalue weighted by Crippen LogP contribution is -2.48. The normalized spacial score (nSPS) is 14.1. The molecule has 1 aromatic rings. The van der Waals surface area contributed by atoms with Crippen molar-refractivity contribution < 1.29 is 37.7 Å². The minimum Gasteiger partial charge on any atom is -0.479 e. The van der Waals surface area contributed by atoms with Crippen molar-refractivity contribution in [3.63, 3.8) is 0 Å². The van der Waals surface area contributed by atoms with Gasteiger partial charge in [-0.1, -0.05) is 6.07 Å². The summed E-state index contributed by atoms with van der Waals surface area (Å²) in [6.07, 6.45) is -7.03. The summed E-state index contributed by atoms with van der Waals surface area (Å²) < 4.78 is 39.7. The average Bonchev–Trinajstić information content (AvgIpc) is 2.35. The van der Waals surface area contributed by atoms with Crippen LogP contribution in [-0.4, -0.2) is 40.6 Å². The third-order valence-electron chi connectivity index (χ3n) is 2.23. The molecule has 5 N–H and O–H groups in total. The van der Waals surface area contributed by atoms with Crippen molar-refractivity contribution in [1.29, 1.82) is 0 Å². The van der Waals surface area contributed by atoms with Crippen LogP contribution in [0.3, 0.4) is 0 Å². The second-order valence-electron chi connectivity index (χ2n) is 3.87. The van der Waals surface area contributed by atoms with Crippen LogP contribution in [0.5, 0.6) is 5.75 Å². The van der Waals surface area contributed by atoms with Crippen LogP contribution in [0, 0.1) is 0 Å². The van der Waals surface area contributed by atoms with E-state index >= 15 is 0 Å². The van der Waals surface area contributed by atoms with Crippen molar-refractivity contribution in [2.75, 3.05) is 5.32 Å². The van der Waals surface area contributed by atoms with Crippen molar-refractivity contribution in [1.82, 2.24) is 0 Å². The van der Waals surface area contributed by atoms with E-state index in [4.69, 9.17) is 15.9 Å². The van der Waals surface area contributed by atoms with Gasteiger partial charge in [0.05, 0.1) is 0 Å². The van der Waals surface area contributed by atoms with Gasteiger partial charge < -0.3 is 26.0 Å². The van der Waals surface area contributed by atoms with Gasteiger partial charge in [0.25, 0.3) is 0 Å². The van der Waals surface area contributed by atoms with E-state index in [0.29, 0.717) is 0 Å². The van der Waals surface area contributed by atoms with Gasteiger partial charge in [0.2, 0.25) is 5.91 Å². The van der Waals surface area contributed by atoms with Gasteiger partial charge in [0, 0.05) is 11.8 Å². The number of alkyl halides is 3. The fourth-order valence-corrected chi connectivity index (χ4v) is 1.29. The summed E-state index contributed by atoms with van der Waals surface area (Å²) in [7, 11) is 0. The van der Waals surface area contributed by atoms with Crippen LogP contribution in [0.2, 0.25) is 0 Å². The molecule has 0 saturated heterocycles. The number of ether oxygens (including phenoxy) is 1. The molecular weight excluding hydrogens is 297 g/mol. The lowest BCUT2D eigenvalue weighted by atomic mass is 10.1. The molecular formula is C11H11F3N2O5. The first kappa shape index (κ1) is 16.7. The van der Waals surface area contributed by atoms with Gasteiger partial charge in [0.15, 0.2) is 6.10 Å². The maximum atomic E-state index is 12.0. The first-order valence-corrected chi connectivity index (χ1v) is 5.43. The number of carbonyl (C=O) groups is 2. The number of aliphatic hydroxyl groups is 1. The Morgan fingerprint density at radius 3 is 2.48 bits per heavy atom. The predicted octanol–water partition coefficient (Wildman–Crippen LogP) is 0.296. The van der Waals surface area contributed by atoms with Crippen LogP contribution in [0.1, 0.15) is 0 Å². The highest BCUT2D eigenvalue weighted by molar-refractivity contribution is 5.98. The number of nitrogens with two attached hydrogens (primary N) is 1. The Labute approximate surface area is 116 Å². The largest absolute Gasteiger partial charge is 0.573 e. The molecule has 0 bridgehead atoms. The Hall–Kier alpha value is -2.33. The number of carbonyl (C=O) groups excluding carboxylic acids is 1.